The first-order valence-corrected chi connectivity index (χ1v) is 11.3. The van der Waals surface area contributed by atoms with Gasteiger partial charge in [0, 0.05) is 30.1 Å². The number of ether oxygens (including phenoxy) is 1. The van der Waals surface area contributed by atoms with Crippen LogP contribution in [0.5, 0.6) is 0 Å². The van der Waals surface area contributed by atoms with Gasteiger partial charge in [0.05, 0.1) is 12.2 Å². The fourth-order valence-corrected chi connectivity index (χ4v) is 5.09. The van der Waals surface area contributed by atoms with Crippen molar-refractivity contribution in [3.8, 4) is 0 Å². The number of carbonyl (C=O) groups is 2. The van der Waals surface area contributed by atoms with E-state index in [4.69, 9.17) is 4.74 Å². The van der Waals surface area contributed by atoms with E-state index in [9.17, 15) is 9.59 Å². The van der Waals surface area contributed by atoms with Gasteiger partial charge < -0.3 is 10.1 Å². The van der Waals surface area contributed by atoms with E-state index in [1.807, 2.05) is 37.3 Å². The minimum atomic E-state index is -0.365. The molecular formula is C25H27ClN2O3S. The van der Waals surface area contributed by atoms with Gasteiger partial charge in [-0.2, -0.15) is 0 Å². The third-order valence-corrected chi connectivity index (χ3v) is 6.54. The van der Waals surface area contributed by atoms with Crippen LogP contribution in [0.25, 0.3) is 0 Å². The van der Waals surface area contributed by atoms with Gasteiger partial charge in [0.1, 0.15) is 5.00 Å². The molecule has 3 aromatic rings. The molecule has 0 radical (unpaired) electrons. The summed E-state index contributed by atoms with van der Waals surface area (Å²) in [5.41, 5.74) is 4.45. The monoisotopic (exact) mass is 470 g/mol. The Morgan fingerprint density at radius 2 is 1.81 bits per heavy atom. The number of aryl methyl sites for hydroxylation is 1. The van der Waals surface area contributed by atoms with E-state index < -0.39 is 0 Å². The average Bonchev–Trinajstić information content (AvgIpc) is 3.12. The van der Waals surface area contributed by atoms with Gasteiger partial charge in [0.2, 0.25) is 0 Å². The molecule has 1 amide bonds. The topological polar surface area (TPSA) is 58.6 Å². The summed E-state index contributed by atoms with van der Waals surface area (Å²) in [6, 6.07) is 17.8. The molecule has 0 aliphatic carbocycles. The molecule has 0 bridgehead atoms. The number of fused-ring (bicyclic) bond motifs is 1. The number of esters is 1. The van der Waals surface area contributed by atoms with Crippen molar-refractivity contribution >= 4 is 40.6 Å². The molecule has 1 aliphatic heterocycles. The standard InChI is InChI=1S/C25H26N2O3S.ClH/c1-3-30-25(29)22-20-13-14-27(15-18-7-5-4-6-8-18)16-21(20)31-24(22)26-23(28)19-11-9-17(2)10-12-19;/h4-12H,3,13-16H2,1-2H3,(H,26,28);1H. The van der Waals surface area contributed by atoms with Crippen molar-refractivity contribution in [3.05, 3.63) is 87.3 Å². The van der Waals surface area contributed by atoms with Crippen LogP contribution in [-0.4, -0.2) is 29.9 Å². The molecule has 2 aromatic carbocycles. The van der Waals surface area contributed by atoms with Gasteiger partial charge in [-0.25, -0.2) is 4.79 Å². The normalized spacial score (nSPS) is 13.1. The fourth-order valence-electron chi connectivity index (χ4n) is 3.82. The summed E-state index contributed by atoms with van der Waals surface area (Å²) in [7, 11) is 0. The van der Waals surface area contributed by atoms with Crippen LogP contribution in [0.3, 0.4) is 0 Å². The van der Waals surface area contributed by atoms with Crippen LogP contribution in [0, 0.1) is 6.92 Å². The maximum Gasteiger partial charge on any atom is 0.341 e. The number of anilines is 1. The average molecular weight is 471 g/mol. The van der Waals surface area contributed by atoms with E-state index in [1.165, 1.54) is 16.9 Å². The van der Waals surface area contributed by atoms with E-state index in [2.05, 4.69) is 22.3 Å². The number of hydrogen-bond acceptors (Lipinski definition) is 5. The number of amides is 1. The number of carbonyl (C=O) groups excluding carboxylic acids is 2. The molecule has 2 heterocycles. The molecular weight excluding hydrogens is 444 g/mol. The van der Waals surface area contributed by atoms with Crippen molar-refractivity contribution in [1.29, 1.82) is 0 Å². The molecule has 4 rings (SSSR count). The highest BCUT2D eigenvalue weighted by molar-refractivity contribution is 7.17. The van der Waals surface area contributed by atoms with Gasteiger partial charge in [-0.15, -0.1) is 23.7 Å². The highest BCUT2D eigenvalue weighted by Gasteiger charge is 2.29. The molecule has 1 N–H and O–H groups in total. The van der Waals surface area contributed by atoms with Crippen LogP contribution in [-0.2, 0) is 24.2 Å². The van der Waals surface area contributed by atoms with Gasteiger partial charge in [-0.05, 0) is 43.5 Å². The summed E-state index contributed by atoms with van der Waals surface area (Å²) in [6.07, 6.45) is 0.757. The van der Waals surface area contributed by atoms with Crippen molar-refractivity contribution < 1.29 is 14.3 Å². The Balaban J connectivity index is 0.00000289. The number of benzene rings is 2. The molecule has 0 fully saturated rings. The minimum absolute atomic E-state index is 0. The van der Waals surface area contributed by atoms with Gasteiger partial charge >= 0.3 is 5.97 Å². The maximum absolute atomic E-state index is 12.8. The lowest BCUT2D eigenvalue weighted by molar-refractivity contribution is 0.0526. The summed E-state index contributed by atoms with van der Waals surface area (Å²) >= 11 is 1.48. The highest BCUT2D eigenvalue weighted by atomic mass is 35.5. The Bertz CT molecular complexity index is 1080. The first kappa shape index (κ1) is 24.0. The second-order valence-corrected chi connectivity index (χ2v) is 8.80. The third-order valence-electron chi connectivity index (χ3n) is 5.41. The molecule has 0 atom stereocenters. The highest BCUT2D eigenvalue weighted by Crippen LogP contribution is 2.38. The molecule has 32 heavy (non-hydrogen) atoms. The molecule has 0 saturated carbocycles. The molecule has 5 nitrogen and oxygen atoms in total. The number of rotatable bonds is 6. The van der Waals surface area contributed by atoms with E-state index >= 15 is 0 Å². The summed E-state index contributed by atoms with van der Waals surface area (Å²) in [5, 5.41) is 3.55. The SMILES string of the molecule is CCOC(=O)c1c(NC(=O)c2ccc(C)cc2)sc2c1CCN(Cc1ccccc1)C2.Cl. The molecule has 0 spiro atoms. The van der Waals surface area contributed by atoms with Crippen molar-refractivity contribution in [2.45, 2.75) is 33.4 Å². The summed E-state index contributed by atoms with van der Waals surface area (Å²) in [4.78, 5) is 29.0. The van der Waals surface area contributed by atoms with Crippen LogP contribution < -0.4 is 5.32 Å². The summed E-state index contributed by atoms with van der Waals surface area (Å²) < 4.78 is 5.32. The number of halogens is 1. The Kier molecular flexibility index (Phi) is 8.07. The number of nitrogens with zero attached hydrogens (tertiary/aromatic N) is 1. The molecule has 7 heteroatoms. The first-order chi connectivity index (χ1) is 15.0. The van der Waals surface area contributed by atoms with E-state index in [0.717, 1.165) is 42.1 Å². The Labute approximate surface area is 198 Å². The smallest absolute Gasteiger partial charge is 0.341 e. The van der Waals surface area contributed by atoms with Crippen molar-refractivity contribution in [1.82, 2.24) is 4.90 Å². The number of nitrogens with one attached hydrogen (secondary N) is 1. The van der Waals surface area contributed by atoms with Crippen LogP contribution in [0.2, 0.25) is 0 Å². The van der Waals surface area contributed by atoms with Crippen LogP contribution in [0.1, 0.15) is 49.2 Å². The summed E-state index contributed by atoms with van der Waals surface area (Å²) in [5.74, 6) is -0.582. The molecule has 1 aromatic heterocycles. The Morgan fingerprint density at radius 3 is 2.50 bits per heavy atom. The van der Waals surface area contributed by atoms with Gasteiger partial charge in [-0.1, -0.05) is 48.0 Å². The van der Waals surface area contributed by atoms with Crippen LogP contribution in [0.15, 0.2) is 54.6 Å². The molecule has 1 aliphatic rings. The molecule has 0 saturated heterocycles. The largest absolute Gasteiger partial charge is 0.462 e. The fraction of sp³-hybridized carbons (Fsp3) is 0.280. The zero-order valence-corrected chi connectivity index (χ0v) is 19.9. The number of thiophene rings is 1. The van der Waals surface area contributed by atoms with Gasteiger partial charge in [0.25, 0.3) is 5.91 Å². The van der Waals surface area contributed by atoms with E-state index in [1.54, 1.807) is 19.1 Å². The van der Waals surface area contributed by atoms with Crippen molar-refractivity contribution in [2.75, 3.05) is 18.5 Å². The lowest BCUT2D eigenvalue weighted by Gasteiger charge is -2.27. The zero-order valence-electron chi connectivity index (χ0n) is 18.2. The van der Waals surface area contributed by atoms with Crippen LogP contribution >= 0.6 is 23.7 Å². The quantitative estimate of drug-likeness (QED) is 0.485. The predicted octanol–water partition coefficient (Wildman–Crippen LogP) is 5.47. The van der Waals surface area contributed by atoms with Gasteiger partial charge in [0.15, 0.2) is 0 Å². The molecule has 168 valence electrons. The predicted molar refractivity (Wildman–Crippen MR) is 131 cm³/mol. The second-order valence-electron chi connectivity index (χ2n) is 7.69. The zero-order chi connectivity index (χ0) is 21.8. The number of hydrogen-bond donors (Lipinski definition) is 1. The van der Waals surface area contributed by atoms with Crippen molar-refractivity contribution in [3.63, 3.8) is 0 Å². The Morgan fingerprint density at radius 1 is 1.09 bits per heavy atom. The van der Waals surface area contributed by atoms with Crippen molar-refractivity contribution in [2.24, 2.45) is 0 Å². The van der Waals surface area contributed by atoms with Crippen LogP contribution in [0.4, 0.5) is 5.00 Å². The lowest BCUT2D eigenvalue weighted by Crippen LogP contribution is -2.29. The van der Waals surface area contributed by atoms with E-state index in [-0.39, 0.29) is 24.3 Å². The lowest BCUT2D eigenvalue weighted by atomic mass is 10.0. The minimum Gasteiger partial charge on any atom is -0.462 e. The van der Waals surface area contributed by atoms with Gasteiger partial charge in [-0.3, -0.25) is 9.69 Å². The Hall–Kier alpha value is -2.67. The van der Waals surface area contributed by atoms with E-state index in [0.29, 0.717) is 22.7 Å². The second kappa shape index (κ2) is 10.8. The summed E-state index contributed by atoms with van der Waals surface area (Å²) in [6.45, 7) is 6.54. The first-order valence-electron chi connectivity index (χ1n) is 10.5. The third kappa shape index (κ3) is 5.38. The maximum atomic E-state index is 12.8. The molecule has 0 unspecified atom stereocenters.